The lowest BCUT2D eigenvalue weighted by Gasteiger charge is -2.34. The van der Waals surface area contributed by atoms with Crippen LogP contribution in [0.2, 0.25) is 0 Å². The zero-order chi connectivity index (χ0) is 19.5. The molecule has 1 fully saturated rings. The van der Waals surface area contributed by atoms with E-state index in [0.717, 1.165) is 22.2 Å². The minimum absolute atomic E-state index is 0.0752. The fraction of sp³-hybridized carbons (Fsp3) is 0.444. The van der Waals surface area contributed by atoms with Gasteiger partial charge >= 0.3 is 0 Å². The third-order valence-electron chi connectivity index (χ3n) is 4.66. The van der Waals surface area contributed by atoms with E-state index in [0.29, 0.717) is 26.1 Å². The zero-order valence-electron chi connectivity index (χ0n) is 15.6. The maximum Gasteiger partial charge on any atom is 0.237 e. The van der Waals surface area contributed by atoms with Crippen molar-refractivity contribution in [2.45, 2.75) is 32.4 Å². The maximum absolute atomic E-state index is 12.4. The number of aromatic nitrogens is 3. The maximum atomic E-state index is 12.4. The number of carbonyl (C=O) groups is 2. The van der Waals surface area contributed by atoms with Crippen molar-refractivity contribution in [1.29, 1.82) is 0 Å². The molecular weight excluding hydrogens is 396 g/mol. The summed E-state index contributed by atoms with van der Waals surface area (Å²) in [4.78, 5) is 33.4. The van der Waals surface area contributed by atoms with E-state index in [9.17, 15) is 9.59 Å². The molecule has 0 aromatic carbocycles. The number of piperazine rings is 1. The molecule has 0 radical (unpaired) electrons. The number of nitrogens with zero attached hydrogens (tertiary/aromatic N) is 4. The highest BCUT2D eigenvalue weighted by Crippen LogP contribution is 2.17. The van der Waals surface area contributed by atoms with E-state index >= 15 is 0 Å². The van der Waals surface area contributed by atoms with Gasteiger partial charge in [-0.15, -0.1) is 11.3 Å². The molecule has 1 aliphatic rings. The first-order chi connectivity index (χ1) is 13.6. The molecule has 1 unspecified atom stereocenters. The molecule has 10 heteroatoms. The quantitative estimate of drug-likeness (QED) is 0.602. The number of amides is 2. The van der Waals surface area contributed by atoms with E-state index in [1.165, 1.54) is 4.88 Å². The molecule has 4 heterocycles. The van der Waals surface area contributed by atoms with Gasteiger partial charge in [0.25, 0.3) is 0 Å². The number of aryl methyl sites for hydroxylation is 1. The van der Waals surface area contributed by atoms with Crippen molar-refractivity contribution < 1.29 is 9.59 Å². The summed E-state index contributed by atoms with van der Waals surface area (Å²) in [5.41, 5.74) is 0.897. The van der Waals surface area contributed by atoms with Crippen molar-refractivity contribution in [2.75, 3.05) is 19.6 Å². The number of rotatable bonds is 7. The monoisotopic (exact) mass is 418 g/mol. The molecule has 4 rings (SSSR count). The second kappa shape index (κ2) is 8.38. The molecule has 3 aromatic heterocycles. The average molecular weight is 419 g/mol. The van der Waals surface area contributed by atoms with E-state index in [1.807, 2.05) is 24.6 Å². The van der Waals surface area contributed by atoms with Crippen LogP contribution in [0, 0.1) is 6.92 Å². The van der Waals surface area contributed by atoms with Crippen LogP contribution >= 0.6 is 22.7 Å². The standard InChI is InChI=1S/C18H22N6O2S2/c1-12-22-24-10-13(21-18(24)28-12)4-5-19-16(25)9-15-17(26)20-6-7-23(15)11-14-3-2-8-27-14/h2-3,8,10,15H,4-7,9,11H2,1H3,(H,19,25)(H,20,26). The summed E-state index contributed by atoms with van der Waals surface area (Å²) in [5.74, 6) is -0.193. The summed E-state index contributed by atoms with van der Waals surface area (Å²) in [6.07, 6.45) is 2.69. The Morgan fingerprint density at radius 1 is 1.46 bits per heavy atom. The summed E-state index contributed by atoms with van der Waals surface area (Å²) in [7, 11) is 0. The highest BCUT2D eigenvalue weighted by molar-refractivity contribution is 7.16. The van der Waals surface area contributed by atoms with Crippen LogP contribution in [-0.2, 0) is 22.6 Å². The predicted octanol–water partition coefficient (Wildman–Crippen LogP) is 1.21. The minimum atomic E-state index is -0.430. The van der Waals surface area contributed by atoms with Crippen molar-refractivity contribution in [3.63, 3.8) is 0 Å². The molecule has 0 aliphatic carbocycles. The largest absolute Gasteiger partial charge is 0.356 e. The number of nitrogens with one attached hydrogen (secondary N) is 2. The van der Waals surface area contributed by atoms with Crippen LogP contribution in [0.3, 0.4) is 0 Å². The Morgan fingerprint density at radius 2 is 2.36 bits per heavy atom. The van der Waals surface area contributed by atoms with Gasteiger partial charge in [-0.1, -0.05) is 17.4 Å². The van der Waals surface area contributed by atoms with Gasteiger partial charge in [0.15, 0.2) is 0 Å². The first-order valence-electron chi connectivity index (χ1n) is 9.21. The molecule has 0 bridgehead atoms. The van der Waals surface area contributed by atoms with Crippen LogP contribution in [0.15, 0.2) is 23.7 Å². The number of carbonyl (C=O) groups excluding carboxylic acids is 2. The van der Waals surface area contributed by atoms with Gasteiger partial charge in [0.2, 0.25) is 16.8 Å². The van der Waals surface area contributed by atoms with Gasteiger partial charge < -0.3 is 10.6 Å². The summed E-state index contributed by atoms with van der Waals surface area (Å²) in [6.45, 7) is 4.50. The number of fused-ring (bicyclic) bond motifs is 1. The predicted molar refractivity (Wildman–Crippen MR) is 108 cm³/mol. The third kappa shape index (κ3) is 4.40. The highest BCUT2D eigenvalue weighted by Gasteiger charge is 2.31. The van der Waals surface area contributed by atoms with Crippen molar-refractivity contribution >= 4 is 39.4 Å². The molecule has 3 aromatic rings. The first kappa shape index (κ1) is 19.0. The Bertz CT molecular complexity index is 933. The molecule has 1 atom stereocenters. The first-order valence-corrected chi connectivity index (χ1v) is 10.9. The van der Waals surface area contributed by atoms with Crippen LogP contribution < -0.4 is 10.6 Å². The van der Waals surface area contributed by atoms with Crippen LogP contribution in [-0.4, -0.2) is 57.0 Å². The van der Waals surface area contributed by atoms with E-state index < -0.39 is 6.04 Å². The molecule has 8 nitrogen and oxygen atoms in total. The van der Waals surface area contributed by atoms with E-state index in [-0.39, 0.29) is 18.2 Å². The van der Waals surface area contributed by atoms with Gasteiger partial charge in [0.1, 0.15) is 5.01 Å². The van der Waals surface area contributed by atoms with Gasteiger partial charge in [0, 0.05) is 37.5 Å². The van der Waals surface area contributed by atoms with Crippen molar-refractivity contribution in [3.8, 4) is 0 Å². The van der Waals surface area contributed by atoms with Gasteiger partial charge in [0.05, 0.1) is 24.4 Å². The van der Waals surface area contributed by atoms with E-state index in [2.05, 4.69) is 31.7 Å². The summed E-state index contributed by atoms with van der Waals surface area (Å²) < 4.78 is 1.77. The van der Waals surface area contributed by atoms with Crippen LogP contribution in [0.1, 0.15) is 22.0 Å². The molecular formula is C18H22N6O2S2. The fourth-order valence-electron chi connectivity index (χ4n) is 3.32. The number of hydrogen-bond donors (Lipinski definition) is 2. The lowest BCUT2D eigenvalue weighted by molar-refractivity contribution is -0.134. The Balaban J connectivity index is 1.29. The Labute approximate surface area is 170 Å². The summed E-state index contributed by atoms with van der Waals surface area (Å²) >= 11 is 3.21. The van der Waals surface area contributed by atoms with Crippen molar-refractivity contribution in [1.82, 2.24) is 30.1 Å². The molecule has 0 saturated carbocycles. The lowest BCUT2D eigenvalue weighted by atomic mass is 10.1. The number of imidazole rings is 1. The topological polar surface area (TPSA) is 91.6 Å². The highest BCUT2D eigenvalue weighted by atomic mass is 32.1. The van der Waals surface area contributed by atoms with Gasteiger partial charge in [-0.2, -0.15) is 5.10 Å². The van der Waals surface area contributed by atoms with Crippen molar-refractivity contribution in [2.24, 2.45) is 0 Å². The molecule has 2 N–H and O–H groups in total. The van der Waals surface area contributed by atoms with Crippen LogP contribution in [0.4, 0.5) is 0 Å². The average Bonchev–Trinajstić information content (AvgIpc) is 3.35. The fourth-order valence-corrected chi connectivity index (χ4v) is 4.79. The second-order valence-corrected chi connectivity index (χ2v) is 8.93. The SMILES string of the molecule is Cc1nn2cc(CCNC(=O)CC3C(=O)NCCN3Cc3cccs3)nc2s1. The third-order valence-corrected chi connectivity index (χ3v) is 6.36. The van der Waals surface area contributed by atoms with Gasteiger partial charge in [-0.25, -0.2) is 9.50 Å². The van der Waals surface area contributed by atoms with Gasteiger partial charge in [-0.05, 0) is 18.4 Å². The number of thiophene rings is 1. The zero-order valence-corrected chi connectivity index (χ0v) is 17.2. The van der Waals surface area contributed by atoms with E-state index in [4.69, 9.17) is 0 Å². The van der Waals surface area contributed by atoms with E-state index in [1.54, 1.807) is 27.2 Å². The molecule has 148 valence electrons. The number of hydrogen-bond acceptors (Lipinski definition) is 7. The molecule has 0 spiro atoms. The minimum Gasteiger partial charge on any atom is -0.356 e. The second-order valence-electron chi connectivity index (χ2n) is 6.74. The molecule has 1 aliphatic heterocycles. The summed E-state index contributed by atoms with van der Waals surface area (Å²) in [6, 6.07) is 3.63. The molecule has 28 heavy (non-hydrogen) atoms. The van der Waals surface area contributed by atoms with Crippen LogP contribution in [0.5, 0.6) is 0 Å². The Morgan fingerprint density at radius 3 is 3.14 bits per heavy atom. The molecule has 2 amide bonds. The normalized spacial score (nSPS) is 17.8. The van der Waals surface area contributed by atoms with Crippen molar-refractivity contribution in [3.05, 3.63) is 39.3 Å². The van der Waals surface area contributed by atoms with Gasteiger partial charge in [-0.3, -0.25) is 14.5 Å². The smallest absolute Gasteiger partial charge is 0.237 e. The Kier molecular flexibility index (Phi) is 5.69. The van der Waals surface area contributed by atoms with Crippen LogP contribution in [0.25, 0.3) is 4.96 Å². The Hall–Kier alpha value is -2.30. The summed E-state index contributed by atoms with van der Waals surface area (Å²) in [5, 5.41) is 13.1. The molecule has 1 saturated heterocycles. The lowest BCUT2D eigenvalue weighted by Crippen LogP contribution is -2.56.